The van der Waals surface area contributed by atoms with Gasteiger partial charge in [0.1, 0.15) is 11.4 Å². The number of likely N-dealkylation sites (tertiary alicyclic amines) is 2. The molecular formula is C24H33FN2O4. The van der Waals surface area contributed by atoms with E-state index >= 15 is 4.39 Å². The van der Waals surface area contributed by atoms with Gasteiger partial charge in [-0.2, -0.15) is 0 Å². The van der Waals surface area contributed by atoms with Crippen molar-refractivity contribution in [1.29, 1.82) is 0 Å². The molecule has 0 radical (unpaired) electrons. The maximum absolute atomic E-state index is 15.2. The summed E-state index contributed by atoms with van der Waals surface area (Å²) in [5.41, 5.74) is 2.37. The summed E-state index contributed by atoms with van der Waals surface area (Å²) >= 11 is 0. The molecule has 2 fully saturated rings. The second-order valence-electron chi connectivity index (χ2n) is 10.0. The van der Waals surface area contributed by atoms with Gasteiger partial charge in [-0.1, -0.05) is 6.07 Å². The Hall–Kier alpha value is -2.15. The number of carbonyl (C=O) groups excluding carboxylic acids is 2. The minimum atomic E-state index is -0.512. The van der Waals surface area contributed by atoms with Crippen LogP contribution in [0.2, 0.25) is 0 Å². The first-order chi connectivity index (χ1) is 14.7. The zero-order valence-electron chi connectivity index (χ0n) is 18.9. The van der Waals surface area contributed by atoms with E-state index in [1.54, 1.807) is 11.0 Å². The Kier molecular flexibility index (Phi) is 5.99. The molecule has 0 N–H and O–H groups in total. The molecule has 7 heteroatoms. The number of fused-ring (bicyclic) bond motifs is 1. The summed E-state index contributed by atoms with van der Waals surface area (Å²) in [6.07, 6.45) is 3.00. The Bertz CT molecular complexity index is 852. The van der Waals surface area contributed by atoms with Crippen LogP contribution in [0.25, 0.3) is 0 Å². The number of methoxy groups -OCH3 is 1. The van der Waals surface area contributed by atoms with Crippen LogP contribution >= 0.6 is 0 Å². The van der Waals surface area contributed by atoms with Crippen LogP contribution in [0.15, 0.2) is 12.1 Å². The normalized spacial score (nSPS) is 22.7. The molecule has 1 aromatic carbocycles. The number of halogens is 1. The molecular weight excluding hydrogens is 399 g/mol. The summed E-state index contributed by atoms with van der Waals surface area (Å²) < 4.78 is 25.5. The molecule has 1 amide bonds. The maximum atomic E-state index is 15.2. The second-order valence-corrected chi connectivity index (χ2v) is 10.0. The summed E-state index contributed by atoms with van der Waals surface area (Å²) in [4.78, 5) is 27.9. The average Bonchev–Trinajstić information content (AvgIpc) is 3.09. The highest BCUT2D eigenvalue weighted by atomic mass is 19.1. The van der Waals surface area contributed by atoms with Gasteiger partial charge in [0.05, 0.1) is 13.0 Å². The van der Waals surface area contributed by atoms with Crippen LogP contribution in [0.5, 0.6) is 0 Å². The number of hydrogen-bond acceptors (Lipinski definition) is 5. The molecule has 0 spiro atoms. The van der Waals surface area contributed by atoms with E-state index in [1.165, 1.54) is 7.11 Å². The molecule has 0 aromatic heterocycles. The van der Waals surface area contributed by atoms with Crippen LogP contribution in [0.1, 0.15) is 68.7 Å². The third-order valence-corrected chi connectivity index (χ3v) is 6.77. The summed E-state index contributed by atoms with van der Waals surface area (Å²) in [7, 11) is 1.43. The summed E-state index contributed by atoms with van der Waals surface area (Å²) in [5.74, 6) is -0.160. The van der Waals surface area contributed by atoms with Gasteiger partial charge in [-0.3, -0.25) is 9.69 Å². The lowest BCUT2D eigenvalue weighted by Gasteiger charge is -2.40. The van der Waals surface area contributed by atoms with Gasteiger partial charge in [-0.25, -0.2) is 9.18 Å². The van der Waals surface area contributed by atoms with Crippen molar-refractivity contribution in [3.63, 3.8) is 0 Å². The Morgan fingerprint density at radius 2 is 1.77 bits per heavy atom. The number of amides is 1. The molecule has 0 saturated carbocycles. The fourth-order valence-corrected chi connectivity index (χ4v) is 5.09. The van der Waals surface area contributed by atoms with Crippen molar-refractivity contribution in [3.05, 3.63) is 34.6 Å². The largest absolute Gasteiger partial charge is 0.469 e. The molecule has 1 aromatic rings. The van der Waals surface area contributed by atoms with Crippen molar-refractivity contribution in [2.75, 3.05) is 33.3 Å². The van der Waals surface area contributed by atoms with Gasteiger partial charge < -0.3 is 14.4 Å². The summed E-state index contributed by atoms with van der Waals surface area (Å²) in [5, 5.41) is 0. The fourth-order valence-electron chi connectivity index (χ4n) is 5.09. The number of rotatable bonds is 3. The van der Waals surface area contributed by atoms with Gasteiger partial charge in [-0.05, 0) is 76.7 Å². The molecule has 4 rings (SSSR count). The number of esters is 1. The van der Waals surface area contributed by atoms with Crippen molar-refractivity contribution in [2.24, 2.45) is 5.92 Å². The van der Waals surface area contributed by atoms with Gasteiger partial charge in [-0.15, -0.1) is 0 Å². The molecule has 3 aliphatic rings. The second kappa shape index (κ2) is 8.41. The van der Waals surface area contributed by atoms with Crippen LogP contribution in [0, 0.1) is 11.7 Å². The molecule has 2 heterocycles. The van der Waals surface area contributed by atoms with Crippen LogP contribution in [0.3, 0.4) is 0 Å². The molecule has 6 nitrogen and oxygen atoms in total. The van der Waals surface area contributed by atoms with Crippen molar-refractivity contribution in [2.45, 2.75) is 64.0 Å². The van der Waals surface area contributed by atoms with Gasteiger partial charge >= 0.3 is 12.1 Å². The topological polar surface area (TPSA) is 59.1 Å². The molecule has 1 atom stereocenters. The number of ether oxygens (including phenoxy) is 2. The predicted molar refractivity (Wildman–Crippen MR) is 114 cm³/mol. The molecule has 170 valence electrons. The van der Waals surface area contributed by atoms with E-state index in [4.69, 9.17) is 9.47 Å². The third kappa shape index (κ3) is 4.56. The lowest BCUT2D eigenvalue weighted by molar-refractivity contribution is -0.147. The number of nitrogens with zero attached hydrogens (tertiary/aromatic N) is 2. The zero-order chi connectivity index (χ0) is 22.3. The molecule has 1 aliphatic carbocycles. The van der Waals surface area contributed by atoms with E-state index < -0.39 is 5.60 Å². The molecule has 0 bridgehead atoms. The van der Waals surface area contributed by atoms with Gasteiger partial charge in [0, 0.05) is 30.6 Å². The van der Waals surface area contributed by atoms with Gasteiger partial charge in [0.2, 0.25) is 0 Å². The highest BCUT2D eigenvalue weighted by Gasteiger charge is 2.38. The fraction of sp³-hybridized carbons (Fsp3) is 0.667. The van der Waals surface area contributed by atoms with Crippen LogP contribution < -0.4 is 0 Å². The SMILES string of the molecule is COC(=O)C1CCN(C2CCc3cc(C4CN(C(=O)OC(C)(C)C)C4)cc(F)c32)CC1. The molecule has 2 saturated heterocycles. The van der Waals surface area contributed by atoms with E-state index in [0.717, 1.165) is 55.5 Å². The number of hydrogen-bond donors (Lipinski definition) is 0. The number of piperidine rings is 1. The van der Waals surface area contributed by atoms with E-state index in [-0.39, 0.29) is 35.8 Å². The van der Waals surface area contributed by atoms with E-state index in [1.807, 2.05) is 20.8 Å². The summed E-state index contributed by atoms with van der Waals surface area (Å²) in [6, 6.07) is 3.88. The lowest BCUT2D eigenvalue weighted by Crippen LogP contribution is -2.50. The lowest BCUT2D eigenvalue weighted by atomic mass is 9.89. The first-order valence-corrected chi connectivity index (χ1v) is 11.3. The standard InChI is InChI=1S/C24H33FN2O4/c1-24(2,3)31-23(29)27-13-18(14-27)17-11-16-5-6-20(21(16)19(25)12-17)26-9-7-15(8-10-26)22(28)30-4/h11-12,15,18,20H,5-10,13-14H2,1-4H3. The highest BCUT2D eigenvalue weighted by Crippen LogP contribution is 2.41. The summed E-state index contributed by atoms with van der Waals surface area (Å²) in [6.45, 7) is 8.28. The number of aryl methyl sites for hydroxylation is 1. The number of benzene rings is 1. The van der Waals surface area contributed by atoms with Gasteiger partial charge in [0.25, 0.3) is 0 Å². The quantitative estimate of drug-likeness (QED) is 0.675. The van der Waals surface area contributed by atoms with E-state index in [2.05, 4.69) is 11.0 Å². The van der Waals surface area contributed by atoms with Crippen molar-refractivity contribution in [1.82, 2.24) is 9.80 Å². The highest BCUT2D eigenvalue weighted by molar-refractivity contribution is 5.72. The minimum Gasteiger partial charge on any atom is -0.469 e. The molecule has 31 heavy (non-hydrogen) atoms. The zero-order valence-corrected chi connectivity index (χ0v) is 18.9. The Labute approximate surface area is 183 Å². The molecule has 1 unspecified atom stereocenters. The van der Waals surface area contributed by atoms with Gasteiger partial charge in [0.15, 0.2) is 0 Å². The monoisotopic (exact) mass is 432 g/mol. The Morgan fingerprint density at radius 3 is 2.39 bits per heavy atom. The minimum absolute atomic E-state index is 0.0408. The third-order valence-electron chi connectivity index (χ3n) is 6.77. The maximum Gasteiger partial charge on any atom is 0.410 e. The Morgan fingerprint density at radius 1 is 1.10 bits per heavy atom. The van der Waals surface area contributed by atoms with Crippen LogP contribution in [0.4, 0.5) is 9.18 Å². The van der Waals surface area contributed by atoms with Crippen LogP contribution in [-0.4, -0.2) is 60.8 Å². The first kappa shape index (κ1) is 22.1. The predicted octanol–water partition coefficient (Wildman–Crippen LogP) is 4.03. The van der Waals surface area contributed by atoms with E-state index in [0.29, 0.717) is 13.1 Å². The first-order valence-electron chi connectivity index (χ1n) is 11.3. The Balaban J connectivity index is 1.39. The van der Waals surface area contributed by atoms with E-state index in [9.17, 15) is 9.59 Å². The van der Waals surface area contributed by atoms with Crippen LogP contribution in [-0.2, 0) is 20.7 Å². The number of carbonyl (C=O) groups is 2. The molecule has 2 aliphatic heterocycles. The smallest absolute Gasteiger partial charge is 0.410 e. The average molecular weight is 433 g/mol. The van der Waals surface area contributed by atoms with Crippen molar-refractivity contribution >= 4 is 12.1 Å². The van der Waals surface area contributed by atoms with Crippen molar-refractivity contribution in [3.8, 4) is 0 Å². The van der Waals surface area contributed by atoms with Crippen molar-refractivity contribution < 1.29 is 23.5 Å².